The molecule has 1 unspecified atom stereocenters. The molecule has 1 saturated heterocycles. The molecule has 1 fully saturated rings. The van der Waals surface area contributed by atoms with Gasteiger partial charge in [0.15, 0.2) is 5.82 Å². The van der Waals surface area contributed by atoms with Gasteiger partial charge < -0.3 is 15.0 Å². The van der Waals surface area contributed by atoms with Crippen molar-refractivity contribution in [3.05, 3.63) is 24.3 Å². The summed E-state index contributed by atoms with van der Waals surface area (Å²) in [5, 5.41) is 3.96. The third kappa shape index (κ3) is 2.19. The number of hydrogen-bond donors (Lipinski definition) is 1. The van der Waals surface area contributed by atoms with Gasteiger partial charge in [-0.05, 0) is 18.9 Å². The van der Waals surface area contributed by atoms with Crippen LogP contribution in [0.25, 0.3) is 11.5 Å². The zero-order chi connectivity index (χ0) is 12.4. The van der Waals surface area contributed by atoms with E-state index in [1.807, 2.05) is 0 Å². The maximum Gasteiger partial charge on any atom is 0.260 e. The highest BCUT2D eigenvalue weighted by atomic mass is 16.5. The third-order valence-corrected chi connectivity index (χ3v) is 2.98. The second-order valence-corrected chi connectivity index (χ2v) is 4.32. The molecule has 94 valence electrons. The number of aromatic nitrogens is 3. The molecule has 3 heterocycles. The van der Waals surface area contributed by atoms with Crippen LogP contribution < -0.4 is 5.73 Å². The van der Waals surface area contributed by atoms with Crippen molar-refractivity contribution in [2.75, 3.05) is 12.3 Å². The fraction of sp³-hybridized carbons (Fsp3) is 0.417. The largest absolute Gasteiger partial charge is 0.397 e. The van der Waals surface area contributed by atoms with Crippen LogP contribution in [0.1, 0.15) is 18.7 Å². The van der Waals surface area contributed by atoms with Gasteiger partial charge in [-0.1, -0.05) is 5.16 Å². The minimum Gasteiger partial charge on any atom is -0.397 e. The Morgan fingerprint density at radius 3 is 3.17 bits per heavy atom. The average Bonchev–Trinajstić information content (AvgIpc) is 3.02. The molecule has 18 heavy (non-hydrogen) atoms. The van der Waals surface area contributed by atoms with Gasteiger partial charge in [0.05, 0.1) is 23.6 Å². The van der Waals surface area contributed by atoms with Crippen LogP contribution in [0.15, 0.2) is 23.0 Å². The van der Waals surface area contributed by atoms with Crippen LogP contribution in [0.2, 0.25) is 0 Å². The molecule has 6 heteroatoms. The van der Waals surface area contributed by atoms with Gasteiger partial charge in [-0.2, -0.15) is 4.98 Å². The summed E-state index contributed by atoms with van der Waals surface area (Å²) < 4.78 is 10.8. The van der Waals surface area contributed by atoms with E-state index in [-0.39, 0.29) is 6.10 Å². The average molecular weight is 246 g/mol. The number of nitrogen functional groups attached to an aromatic ring is 1. The van der Waals surface area contributed by atoms with Gasteiger partial charge in [0.2, 0.25) is 0 Å². The first-order chi connectivity index (χ1) is 8.83. The summed E-state index contributed by atoms with van der Waals surface area (Å²) in [4.78, 5) is 8.26. The fourth-order valence-electron chi connectivity index (χ4n) is 2.06. The third-order valence-electron chi connectivity index (χ3n) is 2.98. The van der Waals surface area contributed by atoms with E-state index in [0.29, 0.717) is 23.8 Å². The first-order valence-corrected chi connectivity index (χ1v) is 5.97. The minimum atomic E-state index is 0.213. The summed E-state index contributed by atoms with van der Waals surface area (Å²) in [5.74, 6) is 1.09. The molecular formula is C12H14N4O2. The van der Waals surface area contributed by atoms with Crippen LogP contribution in [0.3, 0.4) is 0 Å². The smallest absolute Gasteiger partial charge is 0.260 e. The van der Waals surface area contributed by atoms with Gasteiger partial charge in [0, 0.05) is 19.2 Å². The van der Waals surface area contributed by atoms with E-state index in [9.17, 15) is 0 Å². The molecule has 2 aromatic rings. The molecule has 2 N–H and O–H groups in total. The standard InChI is InChI=1S/C12H14N4O2/c13-10-7-14-4-3-9(10)12-15-11(16-18-12)6-8-2-1-5-17-8/h3-4,7-8H,1-2,5-6,13H2. The van der Waals surface area contributed by atoms with Crippen molar-refractivity contribution < 1.29 is 9.26 Å². The molecule has 0 radical (unpaired) electrons. The summed E-state index contributed by atoms with van der Waals surface area (Å²) >= 11 is 0. The predicted molar refractivity (Wildman–Crippen MR) is 64.6 cm³/mol. The Morgan fingerprint density at radius 2 is 2.39 bits per heavy atom. The second-order valence-electron chi connectivity index (χ2n) is 4.32. The van der Waals surface area contributed by atoms with Gasteiger partial charge in [0.1, 0.15) is 0 Å². The Balaban J connectivity index is 1.79. The maximum absolute atomic E-state index is 5.81. The molecule has 0 saturated carbocycles. The van der Waals surface area contributed by atoms with E-state index in [2.05, 4.69) is 15.1 Å². The first-order valence-electron chi connectivity index (χ1n) is 5.97. The highest BCUT2D eigenvalue weighted by Gasteiger charge is 2.19. The van der Waals surface area contributed by atoms with Crippen LogP contribution in [0.4, 0.5) is 5.69 Å². The first kappa shape index (κ1) is 11.2. The number of ether oxygens (including phenoxy) is 1. The Morgan fingerprint density at radius 1 is 1.44 bits per heavy atom. The van der Waals surface area contributed by atoms with Crippen molar-refractivity contribution in [1.82, 2.24) is 15.1 Å². The fourth-order valence-corrected chi connectivity index (χ4v) is 2.06. The monoisotopic (exact) mass is 246 g/mol. The molecule has 1 aliphatic rings. The van der Waals surface area contributed by atoms with Gasteiger partial charge in [0.25, 0.3) is 5.89 Å². The van der Waals surface area contributed by atoms with Crippen molar-refractivity contribution in [2.45, 2.75) is 25.4 Å². The number of nitrogens with zero attached hydrogens (tertiary/aromatic N) is 3. The van der Waals surface area contributed by atoms with E-state index in [4.69, 9.17) is 15.0 Å². The number of hydrogen-bond acceptors (Lipinski definition) is 6. The lowest BCUT2D eigenvalue weighted by Crippen LogP contribution is -2.09. The molecule has 0 aromatic carbocycles. The predicted octanol–water partition coefficient (Wildman–Crippen LogP) is 1.44. The highest BCUT2D eigenvalue weighted by Crippen LogP contribution is 2.23. The Bertz CT molecular complexity index is 534. The van der Waals surface area contributed by atoms with Crippen molar-refractivity contribution in [2.24, 2.45) is 0 Å². The summed E-state index contributed by atoms with van der Waals surface area (Å²) in [5.41, 5.74) is 7.06. The van der Waals surface area contributed by atoms with E-state index in [1.165, 1.54) is 0 Å². The van der Waals surface area contributed by atoms with Crippen LogP contribution in [0, 0.1) is 0 Å². The van der Waals surface area contributed by atoms with E-state index in [0.717, 1.165) is 25.0 Å². The normalized spacial score (nSPS) is 19.2. The van der Waals surface area contributed by atoms with Gasteiger partial charge in [-0.25, -0.2) is 0 Å². The zero-order valence-electron chi connectivity index (χ0n) is 9.87. The summed E-state index contributed by atoms with van der Waals surface area (Å²) in [6.07, 6.45) is 6.28. The molecule has 0 amide bonds. The Labute approximate surface area is 104 Å². The van der Waals surface area contributed by atoms with Crippen LogP contribution in [0.5, 0.6) is 0 Å². The number of nitrogens with two attached hydrogens (primary N) is 1. The molecule has 2 aromatic heterocycles. The quantitative estimate of drug-likeness (QED) is 0.881. The van der Waals surface area contributed by atoms with Crippen molar-refractivity contribution in [3.8, 4) is 11.5 Å². The molecule has 1 aliphatic heterocycles. The van der Waals surface area contributed by atoms with Crippen molar-refractivity contribution in [3.63, 3.8) is 0 Å². The molecule has 3 rings (SSSR count). The van der Waals surface area contributed by atoms with Crippen molar-refractivity contribution in [1.29, 1.82) is 0 Å². The number of rotatable bonds is 3. The van der Waals surface area contributed by atoms with Gasteiger partial charge >= 0.3 is 0 Å². The molecule has 0 spiro atoms. The highest BCUT2D eigenvalue weighted by molar-refractivity contribution is 5.68. The van der Waals surface area contributed by atoms with E-state index < -0.39 is 0 Å². The number of anilines is 1. The Hall–Kier alpha value is -1.95. The van der Waals surface area contributed by atoms with Crippen LogP contribution in [-0.4, -0.2) is 27.8 Å². The molecule has 0 aliphatic carbocycles. The number of pyridine rings is 1. The summed E-state index contributed by atoms with van der Waals surface area (Å²) in [7, 11) is 0. The molecule has 1 atom stereocenters. The lowest BCUT2D eigenvalue weighted by Gasteiger charge is -2.03. The second kappa shape index (κ2) is 4.73. The lowest BCUT2D eigenvalue weighted by molar-refractivity contribution is 0.109. The molecular weight excluding hydrogens is 232 g/mol. The SMILES string of the molecule is Nc1cnccc1-c1nc(CC2CCCO2)no1. The maximum atomic E-state index is 5.81. The van der Waals surface area contributed by atoms with Crippen LogP contribution >= 0.6 is 0 Å². The minimum absolute atomic E-state index is 0.213. The topological polar surface area (TPSA) is 87.1 Å². The van der Waals surface area contributed by atoms with Crippen molar-refractivity contribution >= 4 is 5.69 Å². The lowest BCUT2D eigenvalue weighted by atomic mass is 10.2. The molecule has 6 nitrogen and oxygen atoms in total. The van der Waals surface area contributed by atoms with Gasteiger partial charge in [-0.3, -0.25) is 4.98 Å². The zero-order valence-corrected chi connectivity index (χ0v) is 9.87. The van der Waals surface area contributed by atoms with E-state index in [1.54, 1.807) is 18.5 Å². The van der Waals surface area contributed by atoms with Crippen LogP contribution in [-0.2, 0) is 11.2 Å². The van der Waals surface area contributed by atoms with E-state index >= 15 is 0 Å². The summed E-state index contributed by atoms with van der Waals surface area (Å²) in [6, 6.07) is 1.76. The molecule has 0 bridgehead atoms. The summed E-state index contributed by atoms with van der Waals surface area (Å²) in [6.45, 7) is 0.826. The Kier molecular flexibility index (Phi) is 2.93. The van der Waals surface area contributed by atoms with Gasteiger partial charge in [-0.15, -0.1) is 0 Å².